The third kappa shape index (κ3) is 1.86. The van der Waals surface area contributed by atoms with Crippen LogP contribution in [0.3, 0.4) is 0 Å². The Kier molecular flexibility index (Phi) is 2.46. The maximum atomic E-state index is 10.9. The molecular weight excluding hydrogens is 194 g/mol. The van der Waals surface area contributed by atoms with E-state index in [4.69, 9.17) is 0 Å². The number of guanidine groups is 1. The van der Waals surface area contributed by atoms with Crippen molar-refractivity contribution < 1.29 is 9.59 Å². The summed E-state index contributed by atoms with van der Waals surface area (Å²) in [6.07, 6.45) is 2.18. The van der Waals surface area contributed by atoms with Crippen molar-refractivity contribution in [3.63, 3.8) is 0 Å². The number of nitrogens with zero attached hydrogens (tertiary/aromatic N) is 1. The summed E-state index contributed by atoms with van der Waals surface area (Å²) >= 11 is 0. The Labute approximate surface area is 88.3 Å². The van der Waals surface area contributed by atoms with Crippen molar-refractivity contribution in [2.75, 3.05) is 0 Å². The van der Waals surface area contributed by atoms with Crippen LogP contribution >= 0.6 is 0 Å². The molecule has 0 radical (unpaired) electrons. The number of hydrogen-bond donors (Lipinski definition) is 2. The first kappa shape index (κ1) is 10.1. The number of hydrogen-bond acceptors (Lipinski definition) is 3. The molecule has 0 spiro atoms. The second-order valence-electron chi connectivity index (χ2n) is 4.37. The minimum absolute atomic E-state index is 0.216. The standard InChI is InChI=1S/C10H15N3O2/c1-5-3-4-7(6(5)2)11-10-12-8(14)9(15)13-10/h5-7H,3-4H2,1-2H3,(H2,11,12,13,14,15). The topological polar surface area (TPSA) is 70.6 Å². The zero-order chi connectivity index (χ0) is 11.0. The summed E-state index contributed by atoms with van der Waals surface area (Å²) in [7, 11) is 0. The van der Waals surface area contributed by atoms with Gasteiger partial charge in [-0.25, -0.2) is 4.99 Å². The average molecular weight is 209 g/mol. The third-order valence-electron chi connectivity index (χ3n) is 3.39. The highest BCUT2D eigenvalue weighted by Crippen LogP contribution is 2.33. The van der Waals surface area contributed by atoms with Crippen LogP contribution < -0.4 is 10.6 Å². The van der Waals surface area contributed by atoms with Crippen LogP contribution in [-0.4, -0.2) is 23.8 Å². The van der Waals surface area contributed by atoms with Gasteiger partial charge in [-0.3, -0.25) is 20.2 Å². The molecule has 3 atom stereocenters. The minimum Gasteiger partial charge on any atom is -0.288 e. The summed E-state index contributed by atoms with van der Waals surface area (Å²) in [4.78, 5) is 26.2. The van der Waals surface area contributed by atoms with Gasteiger partial charge in [-0.05, 0) is 24.7 Å². The van der Waals surface area contributed by atoms with Crippen LogP contribution in [0.15, 0.2) is 4.99 Å². The number of amides is 2. The molecule has 0 aromatic carbocycles. The zero-order valence-electron chi connectivity index (χ0n) is 8.91. The van der Waals surface area contributed by atoms with Gasteiger partial charge in [0.25, 0.3) is 0 Å². The fourth-order valence-corrected chi connectivity index (χ4v) is 2.11. The predicted molar refractivity (Wildman–Crippen MR) is 55.1 cm³/mol. The predicted octanol–water partition coefficient (Wildman–Crippen LogP) is 0.0230. The normalized spacial score (nSPS) is 35.3. The highest BCUT2D eigenvalue weighted by molar-refractivity contribution is 6.45. The summed E-state index contributed by atoms with van der Waals surface area (Å²) in [6, 6.07) is 0.216. The summed E-state index contributed by atoms with van der Waals surface area (Å²) in [6.45, 7) is 4.36. The summed E-state index contributed by atoms with van der Waals surface area (Å²) in [5, 5.41) is 4.83. The molecule has 2 aliphatic rings. The Morgan fingerprint density at radius 1 is 1.13 bits per heavy atom. The lowest BCUT2D eigenvalue weighted by Gasteiger charge is -2.14. The molecule has 15 heavy (non-hydrogen) atoms. The second-order valence-corrected chi connectivity index (χ2v) is 4.37. The van der Waals surface area contributed by atoms with Gasteiger partial charge in [0.2, 0.25) is 5.96 Å². The second kappa shape index (κ2) is 3.64. The van der Waals surface area contributed by atoms with Gasteiger partial charge in [0.1, 0.15) is 0 Å². The Balaban J connectivity index is 2.05. The van der Waals surface area contributed by atoms with Gasteiger partial charge >= 0.3 is 11.8 Å². The molecular formula is C10H15N3O2. The van der Waals surface area contributed by atoms with E-state index in [0.29, 0.717) is 17.8 Å². The van der Waals surface area contributed by atoms with Crippen LogP contribution in [0.5, 0.6) is 0 Å². The Bertz CT molecular complexity index is 320. The van der Waals surface area contributed by atoms with E-state index in [1.165, 1.54) is 0 Å². The first-order valence-electron chi connectivity index (χ1n) is 5.28. The fourth-order valence-electron chi connectivity index (χ4n) is 2.11. The number of nitrogens with one attached hydrogen (secondary N) is 2. The Morgan fingerprint density at radius 2 is 1.73 bits per heavy atom. The molecule has 1 aliphatic carbocycles. The maximum absolute atomic E-state index is 10.9. The van der Waals surface area contributed by atoms with Gasteiger partial charge in [0.05, 0.1) is 6.04 Å². The van der Waals surface area contributed by atoms with E-state index in [0.717, 1.165) is 12.8 Å². The lowest BCUT2D eigenvalue weighted by Crippen LogP contribution is -2.28. The molecule has 0 aromatic heterocycles. The molecule has 2 N–H and O–H groups in total. The minimum atomic E-state index is -0.618. The van der Waals surface area contributed by atoms with Crippen LogP contribution in [0.1, 0.15) is 26.7 Å². The Morgan fingerprint density at radius 3 is 2.20 bits per heavy atom. The molecule has 1 heterocycles. The zero-order valence-corrected chi connectivity index (χ0v) is 8.91. The molecule has 2 rings (SSSR count). The molecule has 0 aromatic rings. The third-order valence-corrected chi connectivity index (χ3v) is 3.39. The lowest BCUT2D eigenvalue weighted by molar-refractivity contribution is -0.135. The SMILES string of the molecule is CC1CCC(N=C2NC(=O)C(=O)N2)C1C. The molecule has 1 aliphatic heterocycles. The van der Waals surface area contributed by atoms with Gasteiger partial charge in [0.15, 0.2) is 0 Å². The molecule has 1 saturated heterocycles. The largest absolute Gasteiger partial charge is 0.316 e. The van der Waals surface area contributed by atoms with E-state index in [1.54, 1.807) is 0 Å². The van der Waals surface area contributed by atoms with E-state index in [1.807, 2.05) is 0 Å². The molecule has 2 amide bonds. The van der Waals surface area contributed by atoms with Gasteiger partial charge < -0.3 is 0 Å². The fraction of sp³-hybridized carbons (Fsp3) is 0.700. The van der Waals surface area contributed by atoms with Crippen LogP contribution in [0, 0.1) is 11.8 Å². The highest BCUT2D eigenvalue weighted by Gasteiger charge is 2.32. The van der Waals surface area contributed by atoms with Crippen LogP contribution in [-0.2, 0) is 9.59 Å². The number of rotatable bonds is 1. The lowest BCUT2D eigenvalue weighted by atomic mass is 9.98. The van der Waals surface area contributed by atoms with Gasteiger partial charge in [0, 0.05) is 0 Å². The summed E-state index contributed by atoms with van der Waals surface area (Å²) in [5.41, 5.74) is 0. The molecule has 2 fully saturated rings. The van der Waals surface area contributed by atoms with Crippen molar-refractivity contribution in [1.82, 2.24) is 10.6 Å². The number of aliphatic imine (C=N–C) groups is 1. The van der Waals surface area contributed by atoms with Crippen molar-refractivity contribution in [1.29, 1.82) is 0 Å². The number of carbonyl (C=O) groups is 2. The quantitative estimate of drug-likeness (QED) is 0.598. The van der Waals surface area contributed by atoms with E-state index in [2.05, 4.69) is 29.5 Å². The van der Waals surface area contributed by atoms with Crippen molar-refractivity contribution in [2.45, 2.75) is 32.7 Å². The molecule has 3 unspecified atom stereocenters. The summed E-state index contributed by atoms with van der Waals surface area (Å²) in [5.74, 6) is 0.245. The smallest absolute Gasteiger partial charge is 0.288 e. The van der Waals surface area contributed by atoms with Gasteiger partial charge in [-0.15, -0.1) is 0 Å². The van der Waals surface area contributed by atoms with Crippen molar-refractivity contribution >= 4 is 17.8 Å². The summed E-state index contributed by atoms with van der Waals surface area (Å²) < 4.78 is 0. The molecule has 82 valence electrons. The molecule has 5 heteroatoms. The first-order valence-corrected chi connectivity index (χ1v) is 5.28. The maximum Gasteiger partial charge on any atom is 0.316 e. The van der Waals surface area contributed by atoms with Crippen LogP contribution in [0.2, 0.25) is 0 Å². The van der Waals surface area contributed by atoms with Gasteiger partial charge in [-0.2, -0.15) is 0 Å². The number of carbonyl (C=O) groups excluding carboxylic acids is 2. The van der Waals surface area contributed by atoms with E-state index in [-0.39, 0.29) is 6.04 Å². The molecule has 0 bridgehead atoms. The highest BCUT2D eigenvalue weighted by atomic mass is 16.2. The molecule has 1 saturated carbocycles. The van der Waals surface area contributed by atoms with Crippen molar-refractivity contribution in [3.8, 4) is 0 Å². The van der Waals surface area contributed by atoms with Crippen LogP contribution in [0.4, 0.5) is 0 Å². The van der Waals surface area contributed by atoms with E-state index in [9.17, 15) is 9.59 Å². The van der Waals surface area contributed by atoms with Crippen molar-refractivity contribution in [3.05, 3.63) is 0 Å². The monoisotopic (exact) mass is 209 g/mol. The molecule has 5 nitrogen and oxygen atoms in total. The van der Waals surface area contributed by atoms with Crippen molar-refractivity contribution in [2.24, 2.45) is 16.8 Å². The average Bonchev–Trinajstić information content (AvgIpc) is 2.65. The van der Waals surface area contributed by atoms with E-state index < -0.39 is 11.8 Å². The van der Waals surface area contributed by atoms with Gasteiger partial charge in [-0.1, -0.05) is 13.8 Å². The Hall–Kier alpha value is -1.39. The van der Waals surface area contributed by atoms with Crippen LogP contribution in [0.25, 0.3) is 0 Å². The van der Waals surface area contributed by atoms with E-state index >= 15 is 0 Å². The first-order chi connectivity index (χ1) is 7.08.